The lowest BCUT2D eigenvalue weighted by Gasteiger charge is -2.29. The molecule has 2 N–H and O–H groups in total. The molecule has 2 aliphatic rings. The van der Waals surface area contributed by atoms with Crippen molar-refractivity contribution in [1.29, 1.82) is 0 Å². The maximum Gasteiger partial charge on any atom is 0.306 e. The second kappa shape index (κ2) is 6.86. The molecule has 1 unspecified atom stereocenters. The molecule has 19 heavy (non-hydrogen) atoms. The number of aliphatic carboxylic acids is 1. The summed E-state index contributed by atoms with van der Waals surface area (Å²) < 4.78 is 5.44. The quantitative estimate of drug-likeness (QED) is 0.739. The van der Waals surface area contributed by atoms with Gasteiger partial charge in [-0.05, 0) is 38.8 Å². The normalized spacial score (nSPS) is 25.4. The first kappa shape index (κ1) is 14.3. The van der Waals surface area contributed by atoms with E-state index in [0.29, 0.717) is 39.0 Å². The fourth-order valence-corrected chi connectivity index (χ4v) is 2.63. The number of carbonyl (C=O) groups is 2. The van der Waals surface area contributed by atoms with Gasteiger partial charge < -0.3 is 15.2 Å². The van der Waals surface area contributed by atoms with Gasteiger partial charge in [-0.25, -0.2) is 0 Å². The number of carboxylic acid groups (broad SMARTS) is 1. The Balaban J connectivity index is 1.61. The monoisotopic (exact) mass is 270 g/mol. The van der Waals surface area contributed by atoms with Crippen LogP contribution in [0.5, 0.6) is 0 Å². The summed E-state index contributed by atoms with van der Waals surface area (Å²) in [5.74, 6) is -0.960. The molecule has 0 aromatic rings. The molecule has 2 fully saturated rings. The summed E-state index contributed by atoms with van der Waals surface area (Å²) in [4.78, 5) is 24.6. The average Bonchev–Trinajstić information content (AvgIpc) is 2.90. The zero-order valence-electron chi connectivity index (χ0n) is 11.1. The standard InChI is InChI=1S/C13H22N2O4/c16-12(14-8-11-2-1-7-19-11)9-15-5-3-10(4-6-15)13(17)18/h10-11H,1-9H2,(H,14,16)(H,17,18). The number of ether oxygens (including phenoxy) is 1. The van der Waals surface area contributed by atoms with Crippen molar-refractivity contribution >= 4 is 11.9 Å². The van der Waals surface area contributed by atoms with Crippen LogP contribution in [-0.2, 0) is 14.3 Å². The number of piperidine rings is 1. The largest absolute Gasteiger partial charge is 0.481 e. The first-order valence-electron chi connectivity index (χ1n) is 6.98. The van der Waals surface area contributed by atoms with E-state index in [1.807, 2.05) is 4.90 Å². The van der Waals surface area contributed by atoms with Crippen molar-refractivity contribution in [3.8, 4) is 0 Å². The molecule has 0 aromatic heterocycles. The highest BCUT2D eigenvalue weighted by Crippen LogP contribution is 2.16. The van der Waals surface area contributed by atoms with Crippen LogP contribution in [0.3, 0.4) is 0 Å². The van der Waals surface area contributed by atoms with Gasteiger partial charge in [0.15, 0.2) is 0 Å². The zero-order valence-corrected chi connectivity index (χ0v) is 11.1. The number of carboxylic acids is 1. The van der Waals surface area contributed by atoms with Crippen LogP contribution in [0.4, 0.5) is 0 Å². The number of likely N-dealkylation sites (tertiary alicyclic amines) is 1. The number of nitrogens with zero attached hydrogens (tertiary/aromatic N) is 1. The van der Waals surface area contributed by atoms with Gasteiger partial charge in [-0.2, -0.15) is 0 Å². The molecular weight excluding hydrogens is 248 g/mol. The summed E-state index contributed by atoms with van der Waals surface area (Å²) in [6, 6.07) is 0. The highest BCUT2D eigenvalue weighted by atomic mass is 16.5. The van der Waals surface area contributed by atoms with Crippen molar-refractivity contribution in [2.75, 3.05) is 32.8 Å². The Morgan fingerprint density at radius 2 is 2.00 bits per heavy atom. The number of nitrogens with one attached hydrogen (secondary N) is 1. The Morgan fingerprint density at radius 3 is 2.58 bits per heavy atom. The number of carbonyl (C=O) groups excluding carboxylic acids is 1. The molecule has 0 aromatic carbocycles. The van der Waals surface area contributed by atoms with Gasteiger partial charge in [0, 0.05) is 13.2 Å². The Morgan fingerprint density at radius 1 is 1.26 bits per heavy atom. The lowest BCUT2D eigenvalue weighted by molar-refractivity contribution is -0.143. The SMILES string of the molecule is O=C(CN1CCC(C(=O)O)CC1)NCC1CCCO1. The van der Waals surface area contributed by atoms with Gasteiger partial charge in [0.05, 0.1) is 18.6 Å². The summed E-state index contributed by atoms with van der Waals surface area (Å²) in [6.07, 6.45) is 3.53. The molecule has 0 aliphatic carbocycles. The van der Waals surface area contributed by atoms with Crippen LogP contribution in [0.15, 0.2) is 0 Å². The van der Waals surface area contributed by atoms with Gasteiger partial charge >= 0.3 is 5.97 Å². The number of hydrogen-bond acceptors (Lipinski definition) is 4. The number of rotatable bonds is 5. The van der Waals surface area contributed by atoms with Crippen molar-refractivity contribution in [2.45, 2.75) is 31.8 Å². The minimum absolute atomic E-state index is 0.00396. The van der Waals surface area contributed by atoms with Crippen LogP contribution < -0.4 is 5.32 Å². The lowest BCUT2D eigenvalue weighted by atomic mass is 9.97. The fraction of sp³-hybridized carbons (Fsp3) is 0.846. The molecule has 0 spiro atoms. The molecule has 0 bridgehead atoms. The van der Waals surface area contributed by atoms with Gasteiger partial charge in [-0.3, -0.25) is 14.5 Å². The molecule has 2 aliphatic heterocycles. The molecule has 2 saturated heterocycles. The third-order valence-electron chi connectivity index (χ3n) is 3.85. The van der Waals surface area contributed by atoms with Crippen molar-refractivity contribution < 1.29 is 19.4 Å². The summed E-state index contributed by atoms with van der Waals surface area (Å²) >= 11 is 0. The van der Waals surface area contributed by atoms with Crippen molar-refractivity contribution in [3.63, 3.8) is 0 Å². The molecule has 1 atom stereocenters. The molecule has 6 nitrogen and oxygen atoms in total. The lowest BCUT2D eigenvalue weighted by Crippen LogP contribution is -2.44. The smallest absolute Gasteiger partial charge is 0.306 e. The van der Waals surface area contributed by atoms with Crippen LogP contribution in [-0.4, -0.2) is 60.8 Å². The predicted octanol–water partition coefficient (Wildman–Crippen LogP) is 0.0782. The predicted molar refractivity (Wildman–Crippen MR) is 68.8 cm³/mol. The second-order valence-corrected chi connectivity index (χ2v) is 5.33. The van der Waals surface area contributed by atoms with Crippen LogP contribution >= 0.6 is 0 Å². The van der Waals surface area contributed by atoms with Crippen LogP contribution in [0.25, 0.3) is 0 Å². The summed E-state index contributed by atoms with van der Waals surface area (Å²) in [5.41, 5.74) is 0. The summed E-state index contributed by atoms with van der Waals surface area (Å²) in [5, 5.41) is 11.8. The van der Waals surface area contributed by atoms with Crippen molar-refractivity contribution in [2.24, 2.45) is 5.92 Å². The van der Waals surface area contributed by atoms with Crippen molar-refractivity contribution in [3.05, 3.63) is 0 Å². The van der Waals surface area contributed by atoms with Gasteiger partial charge in [0.1, 0.15) is 0 Å². The van der Waals surface area contributed by atoms with E-state index in [4.69, 9.17) is 9.84 Å². The number of hydrogen-bond donors (Lipinski definition) is 2. The van der Waals surface area contributed by atoms with Crippen molar-refractivity contribution in [1.82, 2.24) is 10.2 Å². The minimum Gasteiger partial charge on any atom is -0.481 e. The average molecular weight is 270 g/mol. The maximum absolute atomic E-state index is 11.8. The summed E-state index contributed by atoms with van der Waals surface area (Å²) in [7, 11) is 0. The van der Waals surface area contributed by atoms with E-state index in [9.17, 15) is 9.59 Å². The Bertz CT molecular complexity index is 321. The van der Waals surface area contributed by atoms with Crippen LogP contribution in [0.1, 0.15) is 25.7 Å². The maximum atomic E-state index is 11.8. The van der Waals surface area contributed by atoms with Gasteiger partial charge in [-0.1, -0.05) is 0 Å². The van der Waals surface area contributed by atoms with Crippen LogP contribution in [0.2, 0.25) is 0 Å². The molecular formula is C13H22N2O4. The van der Waals surface area contributed by atoms with E-state index in [2.05, 4.69) is 5.32 Å². The molecule has 2 heterocycles. The minimum atomic E-state index is -0.720. The third-order valence-corrected chi connectivity index (χ3v) is 3.85. The highest BCUT2D eigenvalue weighted by Gasteiger charge is 2.25. The first-order chi connectivity index (χ1) is 9.15. The van der Waals surface area contributed by atoms with E-state index in [1.165, 1.54) is 0 Å². The second-order valence-electron chi connectivity index (χ2n) is 5.33. The molecule has 108 valence electrons. The van der Waals surface area contributed by atoms with E-state index < -0.39 is 5.97 Å². The number of amides is 1. The van der Waals surface area contributed by atoms with Crippen LogP contribution in [0, 0.1) is 5.92 Å². The van der Waals surface area contributed by atoms with E-state index in [-0.39, 0.29) is 17.9 Å². The molecule has 0 saturated carbocycles. The summed E-state index contributed by atoms with van der Waals surface area (Å²) in [6.45, 7) is 3.11. The first-order valence-corrected chi connectivity index (χ1v) is 6.98. The van der Waals surface area contributed by atoms with Gasteiger partial charge in [-0.15, -0.1) is 0 Å². The van der Waals surface area contributed by atoms with E-state index >= 15 is 0 Å². The van der Waals surface area contributed by atoms with Gasteiger partial charge in [0.2, 0.25) is 5.91 Å². The molecule has 0 radical (unpaired) electrons. The Kier molecular flexibility index (Phi) is 5.15. The molecule has 6 heteroatoms. The fourth-order valence-electron chi connectivity index (χ4n) is 2.63. The van der Waals surface area contributed by atoms with Gasteiger partial charge in [0.25, 0.3) is 0 Å². The Labute approximate surface area is 113 Å². The highest BCUT2D eigenvalue weighted by molar-refractivity contribution is 5.78. The third kappa shape index (κ3) is 4.47. The topological polar surface area (TPSA) is 78.9 Å². The molecule has 2 rings (SSSR count). The zero-order chi connectivity index (χ0) is 13.7. The van der Waals surface area contributed by atoms with E-state index in [1.54, 1.807) is 0 Å². The Hall–Kier alpha value is -1.14. The van der Waals surface area contributed by atoms with E-state index in [0.717, 1.165) is 19.4 Å². The molecule has 1 amide bonds.